The number of carbonyl (C=O) groups is 2. The van der Waals surface area contributed by atoms with E-state index in [4.69, 9.17) is 5.73 Å². The lowest BCUT2D eigenvalue weighted by Crippen LogP contribution is -2.23. The largest absolute Gasteiger partial charge is 0.397 e. The van der Waals surface area contributed by atoms with E-state index in [1.165, 1.54) is 6.20 Å². The van der Waals surface area contributed by atoms with Gasteiger partial charge >= 0.3 is 0 Å². The second-order valence-corrected chi connectivity index (χ2v) is 6.29. The van der Waals surface area contributed by atoms with E-state index in [1.807, 2.05) is 0 Å². The summed E-state index contributed by atoms with van der Waals surface area (Å²) in [6.45, 7) is 4.52. The molecule has 1 aromatic heterocycles. The number of anilines is 2. The fourth-order valence-electron chi connectivity index (χ4n) is 2.17. The Labute approximate surface area is 147 Å². The monoisotopic (exact) mass is 340 g/mol. The molecule has 0 spiro atoms. The van der Waals surface area contributed by atoms with E-state index in [9.17, 15) is 9.59 Å². The van der Waals surface area contributed by atoms with Crippen LogP contribution in [0.2, 0.25) is 0 Å². The topological polar surface area (TPSA) is 97.1 Å². The van der Waals surface area contributed by atoms with E-state index in [-0.39, 0.29) is 11.8 Å². The molecule has 1 aromatic carbocycles. The van der Waals surface area contributed by atoms with Crippen LogP contribution >= 0.6 is 0 Å². The number of aromatic nitrogens is 1. The zero-order valence-electron chi connectivity index (χ0n) is 14.6. The molecule has 132 valence electrons. The Morgan fingerprint density at radius 1 is 1.16 bits per heavy atom. The van der Waals surface area contributed by atoms with Gasteiger partial charge in [-0.25, -0.2) is 0 Å². The Balaban J connectivity index is 1.88. The first-order valence-corrected chi connectivity index (χ1v) is 8.33. The quantitative estimate of drug-likeness (QED) is 0.675. The number of nitrogens with one attached hydrogen (secondary N) is 2. The fraction of sp³-hybridized carbons (Fsp3) is 0.316. The SMILES string of the molecule is CC(C)CCC(=O)NCc1ccc(C(=O)Nc2ccccc2N)cn1. The van der Waals surface area contributed by atoms with Crippen LogP contribution in [0, 0.1) is 5.92 Å². The van der Waals surface area contributed by atoms with Crippen molar-refractivity contribution in [3.8, 4) is 0 Å². The molecule has 25 heavy (non-hydrogen) atoms. The maximum absolute atomic E-state index is 12.2. The van der Waals surface area contributed by atoms with Gasteiger partial charge < -0.3 is 16.4 Å². The molecule has 2 amide bonds. The molecule has 0 radical (unpaired) electrons. The molecule has 1 heterocycles. The number of amides is 2. The highest BCUT2D eigenvalue weighted by molar-refractivity contribution is 6.05. The highest BCUT2D eigenvalue weighted by atomic mass is 16.2. The molecule has 0 atom stereocenters. The minimum atomic E-state index is -0.280. The van der Waals surface area contributed by atoms with Crippen LogP contribution in [-0.2, 0) is 11.3 Å². The zero-order valence-corrected chi connectivity index (χ0v) is 14.6. The van der Waals surface area contributed by atoms with Crippen LogP contribution in [0.25, 0.3) is 0 Å². The molecule has 0 aliphatic rings. The third-order valence-corrected chi connectivity index (χ3v) is 3.71. The Bertz CT molecular complexity index is 726. The average molecular weight is 340 g/mol. The number of nitrogen functional groups attached to an aromatic ring is 1. The highest BCUT2D eigenvalue weighted by Crippen LogP contribution is 2.17. The summed E-state index contributed by atoms with van der Waals surface area (Å²) in [5, 5.41) is 5.58. The Morgan fingerprint density at radius 3 is 2.56 bits per heavy atom. The van der Waals surface area contributed by atoms with Gasteiger partial charge in [-0.2, -0.15) is 0 Å². The molecule has 0 aliphatic heterocycles. The van der Waals surface area contributed by atoms with Gasteiger partial charge in [0.25, 0.3) is 5.91 Å². The van der Waals surface area contributed by atoms with Crippen molar-refractivity contribution in [2.45, 2.75) is 33.2 Å². The molecule has 0 saturated carbocycles. The number of carbonyl (C=O) groups excluding carboxylic acids is 2. The van der Waals surface area contributed by atoms with Crippen LogP contribution in [-0.4, -0.2) is 16.8 Å². The first-order valence-electron chi connectivity index (χ1n) is 8.33. The summed E-state index contributed by atoms with van der Waals surface area (Å²) in [6.07, 6.45) is 2.86. The standard InChI is InChI=1S/C19H24N4O2/c1-13(2)7-10-18(24)22-12-15-9-8-14(11-21-15)19(25)23-17-6-4-3-5-16(17)20/h3-6,8-9,11,13H,7,10,12,20H2,1-2H3,(H,22,24)(H,23,25). The summed E-state index contributed by atoms with van der Waals surface area (Å²) in [4.78, 5) is 28.2. The Kier molecular flexibility index (Phi) is 6.51. The van der Waals surface area contributed by atoms with E-state index in [0.717, 1.165) is 6.42 Å². The number of hydrogen-bond acceptors (Lipinski definition) is 4. The van der Waals surface area contributed by atoms with Gasteiger partial charge in [-0.15, -0.1) is 0 Å². The summed E-state index contributed by atoms with van der Waals surface area (Å²) < 4.78 is 0. The van der Waals surface area contributed by atoms with Crippen molar-refractivity contribution in [2.24, 2.45) is 5.92 Å². The number of rotatable bonds is 7. The molecule has 0 bridgehead atoms. The van der Waals surface area contributed by atoms with Crippen LogP contribution in [0.3, 0.4) is 0 Å². The van der Waals surface area contributed by atoms with Gasteiger partial charge in [0.15, 0.2) is 0 Å². The smallest absolute Gasteiger partial charge is 0.257 e. The predicted molar refractivity (Wildman–Crippen MR) is 99.0 cm³/mol. The van der Waals surface area contributed by atoms with Crippen LogP contribution in [0.5, 0.6) is 0 Å². The van der Waals surface area contributed by atoms with Crippen molar-refractivity contribution >= 4 is 23.2 Å². The third-order valence-electron chi connectivity index (χ3n) is 3.71. The van der Waals surface area contributed by atoms with Gasteiger partial charge in [-0.05, 0) is 36.6 Å². The third kappa shape index (κ3) is 5.91. The normalized spacial score (nSPS) is 10.5. The summed E-state index contributed by atoms with van der Waals surface area (Å²) in [7, 11) is 0. The van der Waals surface area contributed by atoms with Gasteiger partial charge in [0.2, 0.25) is 5.91 Å². The second-order valence-electron chi connectivity index (χ2n) is 6.29. The van der Waals surface area contributed by atoms with E-state index < -0.39 is 0 Å². The number of pyridine rings is 1. The number of hydrogen-bond donors (Lipinski definition) is 3. The molecule has 4 N–H and O–H groups in total. The minimum absolute atomic E-state index is 0.0110. The summed E-state index contributed by atoms with van der Waals surface area (Å²) in [5.41, 5.74) is 8.01. The van der Waals surface area contributed by atoms with Crippen molar-refractivity contribution in [2.75, 3.05) is 11.1 Å². The average Bonchev–Trinajstić information content (AvgIpc) is 2.60. The van der Waals surface area contributed by atoms with Gasteiger partial charge in [0, 0.05) is 12.6 Å². The molecule has 2 aromatic rings. The first-order chi connectivity index (χ1) is 12.0. The molecule has 6 heteroatoms. The molecule has 0 fully saturated rings. The number of para-hydroxylation sites is 2. The molecule has 0 saturated heterocycles. The first kappa shape index (κ1) is 18.4. The maximum atomic E-state index is 12.2. The summed E-state index contributed by atoms with van der Waals surface area (Å²) in [5.74, 6) is 0.232. The summed E-state index contributed by atoms with van der Waals surface area (Å²) >= 11 is 0. The Hall–Kier alpha value is -2.89. The molecule has 6 nitrogen and oxygen atoms in total. The lowest BCUT2D eigenvalue weighted by atomic mass is 10.1. The fourth-order valence-corrected chi connectivity index (χ4v) is 2.17. The van der Waals surface area contributed by atoms with E-state index >= 15 is 0 Å². The lowest BCUT2D eigenvalue weighted by molar-refractivity contribution is -0.121. The number of benzene rings is 1. The van der Waals surface area contributed by atoms with Crippen molar-refractivity contribution < 1.29 is 9.59 Å². The Morgan fingerprint density at radius 2 is 1.92 bits per heavy atom. The van der Waals surface area contributed by atoms with Crippen molar-refractivity contribution in [1.82, 2.24) is 10.3 Å². The highest BCUT2D eigenvalue weighted by Gasteiger charge is 2.09. The van der Waals surface area contributed by atoms with Crippen LogP contribution < -0.4 is 16.4 Å². The lowest BCUT2D eigenvalue weighted by Gasteiger charge is -2.09. The number of nitrogens with two attached hydrogens (primary N) is 1. The van der Waals surface area contributed by atoms with E-state index in [0.29, 0.717) is 41.5 Å². The van der Waals surface area contributed by atoms with E-state index in [1.54, 1.807) is 36.4 Å². The summed E-state index contributed by atoms with van der Waals surface area (Å²) in [6, 6.07) is 10.5. The van der Waals surface area contributed by atoms with Crippen molar-refractivity contribution in [1.29, 1.82) is 0 Å². The second kappa shape index (κ2) is 8.82. The van der Waals surface area contributed by atoms with Crippen LogP contribution in [0.4, 0.5) is 11.4 Å². The molecular formula is C19H24N4O2. The van der Waals surface area contributed by atoms with Gasteiger partial charge in [0.1, 0.15) is 0 Å². The van der Waals surface area contributed by atoms with Crippen LogP contribution in [0.1, 0.15) is 42.7 Å². The zero-order chi connectivity index (χ0) is 18.2. The van der Waals surface area contributed by atoms with Crippen molar-refractivity contribution in [3.63, 3.8) is 0 Å². The molecule has 2 rings (SSSR count). The van der Waals surface area contributed by atoms with Gasteiger partial charge in [-0.1, -0.05) is 26.0 Å². The van der Waals surface area contributed by atoms with Gasteiger partial charge in [0.05, 0.1) is 29.2 Å². The van der Waals surface area contributed by atoms with E-state index in [2.05, 4.69) is 29.5 Å². The van der Waals surface area contributed by atoms with Crippen molar-refractivity contribution in [3.05, 3.63) is 53.9 Å². The molecule has 0 aliphatic carbocycles. The van der Waals surface area contributed by atoms with Crippen LogP contribution in [0.15, 0.2) is 42.6 Å². The van der Waals surface area contributed by atoms with Gasteiger partial charge in [-0.3, -0.25) is 14.6 Å². The number of nitrogens with zero attached hydrogens (tertiary/aromatic N) is 1. The maximum Gasteiger partial charge on any atom is 0.257 e. The predicted octanol–water partition coefficient (Wildman–Crippen LogP) is 2.97. The minimum Gasteiger partial charge on any atom is -0.397 e. The molecular weight excluding hydrogens is 316 g/mol. The molecule has 0 unspecified atom stereocenters.